The van der Waals surface area contributed by atoms with Crippen molar-refractivity contribution in [2.45, 2.75) is 38.1 Å². The number of benzene rings is 1. The molecule has 0 aliphatic heterocycles. The standard InChI is InChI=1S/C15H24N2O/c1-18-15-9-7-14(8-10-15)17(12-4-11-16)13-5-2-3-6-13/h7-10,13H,2-6,11-12,16H2,1H3. The molecule has 0 unspecified atom stereocenters. The van der Waals surface area contributed by atoms with Crippen LogP contribution >= 0.6 is 0 Å². The third-order valence-electron chi connectivity index (χ3n) is 3.77. The Morgan fingerprint density at radius 1 is 1.22 bits per heavy atom. The zero-order chi connectivity index (χ0) is 12.8. The van der Waals surface area contributed by atoms with Crippen LogP contribution < -0.4 is 15.4 Å². The van der Waals surface area contributed by atoms with Gasteiger partial charge in [0.2, 0.25) is 0 Å². The Labute approximate surface area is 110 Å². The van der Waals surface area contributed by atoms with Gasteiger partial charge in [-0.15, -0.1) is 0 Å². The Bertz CT molecular complexity index is 344. The number of ether oxygens (including phenoxy) is 1. The lowest BCUT2D eigenvalue weighted by Gasteiger charge is -2.31. The minimum absolute atomic E-state index is 0.699. The molecule has 0 spiro atoms. The number of nitrogens with zero attached hydrogens (tertiary/aromatic N) is 1. The predicted molar refractivity (Wildman–Crippen MR) is 76.3 cm³/mol. The molecular weight excluding hydrogens is 224 g/mol. The fourth-order valence-corrected chi connectivity index (χ4v) is 2.77. The van der Waals surface area contributed by atoms with Gasteiger partial charge in [-0.2, -0.15) is 0 Å². The second-order valence-corrected chi connectivity index (χ2v) is 4.97. The number of rotatable bonds is 6. The van der Waals surface area contributed by atoms with Crippen LogP contribution in [0.2, 0.25) is 0 Å². The number of methoxy groups -OCH3 is 1. The normalized spacial score (nSPS) is 15.9. The Hall–Kier alpha value is -1.22. The van der Waals surface area contributed by atoms with Gasteiger partial charge < -0.3 is 15.4 Å². The van der Waals surface area contributed by atoms with Crippen LogP contribution in [0.4, 0.5) is 5.69 Å². The second kappa shape index (κ2) is 6.64. The molecular formula is C15H24N2O. The van der Waals surface area contributed by atoms with Crippen molar-refractivity contribution in [2.75, 3.05) is 25.1 Å². The molecule has 0 saturated heterocycles. The largest absolute Gasteiger partial charge is 0.497 e. The first-order chi connectivity index (χ1) is 8.85. The Kier molecular flexibility index (Phi) is 4.88. The molecule has 1 fully saturated rings. The van der Waals surface area contributed by atoms with Gasteiger partial charge in [-0.1, -0.05) is 12.8 Å². The first kappa shape index (κ1) is 13.2. The lowest BCUT2D eigenvalue weighted by molar-refractivity contribution is 0.414. The van der Waals surface area contributed by atoms with E-state index in [0.29, 0.717) is 6.04 Å². The average molecular weight is 248 g/mol. The fraction of sp³-hybridized carbons (Fsp3) is 0.600. The van der Waals surface area contributed by atoms with Crippen LogP contribution in [0, 0.1) is 0 Å². The first-order valence-corrected chi connectivity index (χ1v) is 6.96. The van der Waals surface area contributed by atoms with Crippen molar-refractivity contribution in [2.24, 2.45) is 5.73 Å². The van der Waals surface area contributed by atoms with Crippen molar-refractivity contribution in [1.29, 1.82) is 0 Å². The van der Waals surface area contributed by atoms with Crippen molar-refractivity contribution in [1.82, 2.24) is 0 Å². The van der Waals surface area contributed by atoms with Crippen molar-refractivity contribution >= 4 is 5.69 Å². The Balaban J connectivity index is 2.10. The molecule has 2 rings (SSSR count). The molecule has 18 heavy (non-hydrogen) atoms. The molecule has 3 nitrogen and oxygen atoms in total. The van der Waals surface area contributed by atoms with E-state index in [2.05, 4.69) is 17.0 Å². The molecule has 100 valence electrons. The van der Waals surface area contributed by atoms with E-state index in [-0.39, 0.29) is 0 Å². The highest BCUT2D eigenvalue weighted by atomic mass is 16.5. The highest BCUT2D eigenvalue weighted by Crippen LogP contribution is 2.29. The molecule has 0 bridgehead atoms. The highest BCUT2D eigenvalue weighted by molar-refractivity contribution is 5.50. The van der Waals surface area contributed by atoms with Crippen molar-refractivity contribution in [3.63, 3.8) is 0 Å². The van der Waals surface area contributed by atoms with Crippen molar-refractivity contribution < 1.29 is 4.74 Å². The molecule has 1 aromatic carbocycles. The molecule has 1 aliphatic rings. The molecule has 2 N–H and O–H groups in total. The maximum Gasteiger partial charge on any atom is 0.119 e. The molecule has 1 aliphatic carbocycles. The van der Waals surface area contributed by atoms with Gasteiger partial charge in [0.15, 0.2) is 0 Å². The quantitative estimate of drug-likeness (QED) is 0.841. The van der Waals surface area contributed by atoms with E-state index in [9.17, 15) is 0 Å². The first-order valence-electron chi connectivity index (χ1n) is 6.96. The third-order valence-corrected chi connectivity index (χ3v) is 3.77. The molecule has 0 heterocycles. The maximum absolute atomic E-state index is 5.65. The molecule has 0 aromatic heterocycles. The minimum atomic E-state index is 0.699. The lowest BCUT2D eigenvalue weighted by Crippen LogP contribution is -2.35. The van der Waals surface area contributed by atoms with E-state index in [1.165, 1.54) is 31.4 Å². The van der Waals surface area contributed by atoms with Crippen molar-refractivity contribution in [3.8, 4) is 5.75 Å². The maximum atomic E-state index is 5.65. The zero-order valence-electron chi connectivity index (χ0n) is 11.3. The predicted octanol–water partition coefficient (Wildman–Crippen LogP) is 2.79. The minimum Gasteiger partial charge on any atom is -0.497 e. The number of hydrogen-bond donors (Lipinski definition) is 1. The summed E-state index contributed by atoms with van der Waals surface area (Å²) in [6.45, 7) is 1.83. The van der Waals surface area contributed by atoms with Gasteiger partial charge >= 0.3 is 0 Å². The summed E-state index contributed by atoms with van der Waals surface area (Å²) in [5.41, 5.74) is 6.95. The second-order valence-electron chi connectivity index (χ2n) is 4.97. The molecule has 0 amide bonds. The summed E-state index contributed by atoms with van der Waals surface area (Å²) in [4.78, 5) is 2.53. The summed E-state index contributed by atoms with van der Waals surface area (Å²) in [5, 5.41) is 0. The highest BCUT2D eigenvalue weighted by Gasteiger charge is 2.22. The van der Waals surface area contributed by atoms with Crippen LogP contribution in [0.1, 0.15) is 32.1 Å². The fourth-order valence-electron chi connectivity index (χ4n) is 2.77. The van der Waals surface area contributed by atoms with Crippen LogP contribution in [0.3, 0.4) is 0 Å². The summed E-state index contributed by atoms with van der Waals surface area (Å²) >= 11 is 0. The smallest absolute Gasteiger partial charge is 0.119 e. The average Bonchev–Trinajstić information content (AvgIpc) is 2.94. The SMILES string of the molecule is COc1ccc(N(CCCN)C2CCCC2)cc1. The number of hydrogen-bond acceptors (Lipinski definition) is 3. The van der Waals surface area contributed by atoms with Gasteiger partial charge in [0.05, 0.1) is 7.11 Å². The Morgan fingerprint density at radius 2 is 1.89 bits per heavy atom. The molecule has 3 heteroatoms. The van der Waals surface area contributed by atoms with Gasteiger partial charge in [0, 0.05) is 18.3 Å². The van der Waals surface area contributed by atoms with Crippen LogP contribution in [-0.2, 0) is 0 Å². The van der Waals surface area contributed by atoms with Gasteiger partial charge in [0.25, 0.3) is 0 Å². The van der Waals surface area contributed by atoms with Crippen LogP contribution in [-0.4, -0.2) is 26.2 Å². The van der Waals surface area contributed by atoms with E-state index >= 15 is 0 Å². The topological polar surface area (TPSA) is 38.5 Å². The van der Waals surface area contributed by atoms with Crippen LogP contribution in [0.5, 0.6) is 5.75 Å². The molecule has 0 atom stereocenters. The van der Waals surface area contributed by atoms with E-state index in [0.717, 1.165) is 25.3 Å². The van der Waals surface area contributed by atoms with Gasteiger partial charge in [-0.05, 0) is 50.1 Å². The monoisotopic (exact) mass is 248 g/mol. The van der Waals surface area contributed by atoms with E-state index < -0.39 is 0 Å². The summed E-state index contributed by atoms with van der Waals surface area (Å²) in [7, 11) is 1.71. The van der Waals surface area contributed by atoms with Crippen LogP contribution in [0.25, 0.3) is 0 Å². The Morgan fingerprint density at radius 3 is 2.44 bits per heavy atom. The summed E-state index contributed by atoms with van der Waals surface area (Å²) < 4.78 is 5.22. The summed E-state index contributed by atoms with van der Waals surface area (Å²) in [6.07, 6.45) is 6.41. The summed E-state index contributed by atoms with van der Waals surface area (Å²) in [6, 6.07) is 9.10. The van der Waals surface area contributed by atoms with Gasteiger partial charge in [0.1, 0.15) is 5.75 Å². The van der Waals surface area contributed by atoms with E-state index in [1.807, 2.05) is 12.1 Å². The summed E-state index contributed by atoms with van der Waals surface area (Å²) in [5.74, 6) is 0.920. The molecule has 1 aromatic rings. The lowest BCUT2D eigenvalue weighted by atomic mass is 10.1. The van der Waals surface area contributed by atoms with Gasteiger partial charge in [-0.3, -0.25) is 0 Å². The third kappa shape index (κ3) is 3.16. The zero-order valence-corrected chi connectivity index (χ0v) is 11.3. The number of anilines is 1. The van der Waals surface area contributed by atoms with E-state index in [4.69, 9.17) is 10.5 Å². The number of nitrogens with two attached hydrogens (primary N) is 1. The van der Waals surface area contributed by atoms with E-state index in [1.54, 1.807) is 7.11 Å². The van der Waals surface area contributed by atoms with Crippen LogP contribution in [0.15, 0.2) is 24.3 Å². The van der Waals surface area contributed by atoms with Gasteiger partial charge in [-0.25, -0.2) is 0 Å². The molecule has 0 radical (unpaired) electrons. The van der Waals surface area contributed by atoms with Crippen molar-refractivity contribution in [3.05, 3.63) is 24.3 Å². The molecule has 1 saturated carbocycles.